The summed E-state index contributed by atoms with van der Waals surface area (Å²) in [6, 6.07) is 7.13. The summed E-state index contributed by atoms with van der Waals surface area (Å²) in [4.78, 5) is 14.5. The van der Waals surface area contributed by atoms with Gasteiger partial charge in [0.15, 0.2) is 0 Å². The summed E-state index contributed by atoms with van der Waals surface area (Å²) in [5.74, 6) is 0.0189. The van der Waals surface area contributed by atoms with Gasteiger partial charge in [0.2, 0.25) is 0 Å². The molecule has 0 atom stereocenters. The van der Waals surface area contributed by atoms with Gasteiger partial charge in [-0.1, -0.05) is 23.2 Å². The average molecular weight is 290 g/mol. The maximum atomic E-state index is 10.6. The number of carbonyl (C=O) groups is 1. The number of carboxylic acids is 1. The summed E-state index contributed by atoms with van der Waals surface area (Å²) in [5, 5.41) is 9.18. The molecule has 0 aliphatic heterocycles. The Hall–Kier alpha value is -2.33. The molecule has 0 bridgehead atoms. The van der Waals surface area contributed by atoms with Crippen molar-refractivity contribution in [3.8, 4) is 11.5 Å². The average Bonchev–Trinajstić information content (AvgIpc) is 2.39. The van der Waals surface area contributed by atoms with E-state index in [2.05, 4.69) is 4.98 Å². The van der Waals surface area contributed by atoms with E-state index in [4.69, 9.17) is 21.4 Å². The van der Waals surface area contributed by atoms with E-state index in [-0.39, 0.29) is 0 Å². The van der Waals surface area contributed by atoms with Crippen LogP contribution in [0.2, 0.25) is 5.02 Å². The van der Waals surface area contributed by atoms with Gasteiger partial charge >= 0.3 is 5.97 Å². The van der Waals surface area contributed by atoms with E-state index in [1.165, 1.54) is 18.5 Å². The largest absolute Gasteiger partial charge is 0.478 e. The van der Waals surface area contributed by atoms with Crippen molar-refractivity contribution in [3.05, 3.63) is 58.9 Å². The van der Waals surface area contributed by atoms with E-state index in [9.17, 15) is 4.79 Å². The van der Waals surface area contributed by atoms with Crippen molar-refractivity contribution in [3.63, 3.8) is 0 Å². The number of hydrogen-bond donors (Lipinski definition) is 1. The van der Waals surface area contributed by atoms with Crippen LogP contribution >= 0.6 is 11.6 Å². The molecule has 2 rings (SSSR count). The first-order valence-corrected chi connectivity index (χ1v) is 6.22. The number of halogens is 1. The molecule has 0 saturated carbocycles. The van der Waals surface area contributed by atoms with E-state index in [1.54, 1.807) is 12.1 Å². The highest BCUT2D eigenvalue weighted by molar-refractivity contribution is 6.30. The molecule has 4 nitrogen and oxygen atoms in total. The van der Waals surface area contributed by atoms with E-state index >= 15 is 0 Å². The number of pyridine rings is 1. The van der Waals surface area contributed by atoms with Gasteiger partial charge in [0.1, 0.15) is 11.5 Å². The van der Waals surface area contributed by atoms with Crippen LogP contribution in [0.1, 0.15) is 11.1 Å². The molecular formula is C15H12ClNO3. The van der Waals surface area contributed by atoms with Gasteiger partial charge in [0.25, 0.3) is 0 Å². The zero-order chi connectivity index (χ0) is 14.5. The minimum Gasteiger partial charge on any atom is -0.478 e. The highest BCUT2D eigenvalue weighted by Crippen LogP contribution is 2.28. The molecule has 0 aliphatic carbocycles. The molecule has 0 unspecified atom stereocenters. The van der Waals surface area contributed by atoms with Gasteiger partial charge in [0, 0.05) is 23.9 Å². The highest BCUT2D eigenvalue weighted by atomic mass is 35.5. The van der Waals surface area contributed by atoms with Crippen LogP contribution in [0.5, 0.6) is 11.5 Å². The van der Waals surface area contributed by atoms with Crippen LogP contribution in [-0.4, -0.2) is 16.1 Å². The normalized spacial score (nSPS) is 10.7. The Kier molecular flexibility index (Phi) is 4.38. The molecule has 0 fully saturated rings. The molecule has 102 valence electrons. The third kappa shape index (κ3) is 3.83. The van der Waals surface area contributed by atoms with Gasteiger partial charge in [0.05, 0.1) is 11.2 Å². The fourth-order valence-corrected chi connectivity index (χ4v) is 1.79. The predicted molar refractivity (Wildman–Crippen MR) is 77.2 cm³/mol. The quantitative estimate of drug-likeness (QED) is 0.866. The molecule has 0 spiro atoms. The van der Waals surface area contributed by atoms with Crippen molar-refractivity contribution in [2.45, 2.75) is 6.92 Å². The highest BCUT2D eigenvalue weighted by Gasteiger charge is 2.05. The lowest BCUT2D eigenvalue weighted by Gasteiger charge is -2.09. The van der Waals surface area contributed by atoms with Crippen LogP contribution in [0.15, 0.2) is 42.7 Å². The van der Waals surface area contributed by atoms with E-state index in [0.29, 0.717) is 22.1 Å². The smallest absolute Gasteiger partial charge is 0.328 e. The first kappa shape index (κ1) is 14.1. The zero-order valence-electron chi connectivity index (χ0n) is 10.7. The number of aromatic nitrogens is 1. The number of hydrogen-bond acceptors (Lipinski definition) is 3. The van der Waals surface area contributed by atoms with Gasteiger partial charge in [-0.25, -0.2) is 4.79 Å². The lowest BCUT2D eigenvalue weighted by atomic mass is 10.1. The summed E-state index contributed by atoms with van der Waals surface area (Å²) < 4.78 is 5.69. The minimum atomic E-state index is -1.01. The molecular weight excluding hydrogens is 278 g/mol. The molecule has 1 N–H and O–H groups in total. The number of aryl methyl sites for hydroxylation is 1. The zero-order valence-corrected chi connectivity index (χ0v) is 11.5. The van der Waals surface area contributed by atoms with Crippen molar-refractivity contribution in [2.24, 2.45) is 0 Å². The van der Waals surface area contributed by atoms with Crippen LogP contribution in [0.3, 0.4) is 0 Å². The number of benzene rings is 1. The van der Waals surface area contributed by atoms with Crippen molar-refractivity contribution >= 4 is 23.6 Å². The van der Waals surface area contributed by atoms with Gasteiger partial charge in [-0.05, 0) is 25.1 Å². The molecule has 20 heavy (non-hydrogen) atoms. The summed E-state index contributed by atoms with van der Waals surface area (Å²) in [6.45, 7) is 1.92. The summed E-state index contributed by atoms with van der Waals surface area (Å²) >= 11 is 5.84. The van der Waals surface area contributed by atoms with Gasteiger partial charge in [-0.2, -0.15) is 0 Å². The monoisotopic (exact) mass is 289 g/mol. The molecule has 1 aromatic carbocycles. The van der Waals surface area contributed by atoms with Crippen molar-refractivity contribution in [1.82, 2.24) is 4.98 Å². The van der Waals surface area contributed by atoms with Gasteiger partial charge in [-0.15, -0.1) is 0 Å². The molecule has 1 heterocycles. The lowest BCUT2D eigenvalue weighted by Crippen LogP contribution is -1.91. The van der Waals surface area contributed by atoms with Crippen LogP contribution in [0.25, 0.3) is 6.08 Å². The molecule has 0 amide bonds. The summed E-state index contributed by atoms with van der Waals surface area (Å²) in [6.07, 6.45) is 5.60. The second kappa shape index (κ2) is 6.21. The van der Waals surface area contributed by atoms with Crippen LogP contribution in [0, 0.1) is 6.92 Å². The van der Waals surface area contributed by atoms with Gasteiger partial charge < -0.3 is 9.84 Å². The lowest BCUT2D eigenvalue weighted by molar-refractivity contribution is -0.131. The number of ether oxygens (including phenoxy) is 1. The van der Waals surface area contributed by atoms with Crippen LogP contribution < -0.4 is 4.74 Å². The number of nitrogens with zero attached hydrogens (tertiary/aromatic N) is 1. The first-order chi connectivity index (χ1) is 9.54. The Morgan fingerprint density at radius 3 is 2.85 bits per heavy atom. The summed E-state index contributed by atoms with van der Waals surface area (Å²) in [7, 11) is 0. The van der Waals surface area contributed by atoms with E-state index in [0.717, 1.165) is 11.6 Å². The molecule has 0 aliphatic rings. The van der Waals surface area contributed by atoms with Gasteiger partial charge in [-0.3, -0.25) is 4.98 Å². The summed E-state index contributed by atoms with van der Waals surface area (Å²) in [5.41, 5.74) is 1.68. The second-order valence-electron chi connectivity index (χ2n) is 4.15. The van der Waals surface area contributed by atoms with Crippen molar-refractivity contribution < 1.29 is 14.6 Å². The van der Waals surface area contributed by atoms with Crippen LogP contribution in [0.4, 0.5) is 0 Å². The van der Waals surface area contributed by atoms with Crippen molar-refractivity contribution in [1.29, 1.82) is 0 Å². The third-order valence-electron chi connectivity index (χ3n) is 2.48. The fourth-order valence-electron chi connectivity index (χ4n) is 1.63. The standard InChI is InChI=1S/C15H12ClNO3/c1-10-2-4-14(11(6-10)3-5-15(18)19)20-13-7-12(16)8-17-9-13/h2-9H,1H3,(H,18,19)/b5-3+. The Labute approximate surface area is 121 Å². The Morgan fingerprint density at radius 2 is 2.15 bits per heavy atom. The minimum absolute atomic E-state index is 0.470. The third-order valence-corrected chi connectivity index (χ3v) is 2.69. The number of carboxylic acid groups (broad SMARTS) is 1. The molecule has 0 radical (unpaired) electrons. The second-order valence-corrected chi connectivity index (χ2v) is 4.59. The Balaban J connectivity index is 2.33. The molecule has 1 aromatic heterocycles. The Bertz CT molecular complexity index is 668. The van der Waals surface area contributed by atoms with E-state index < -0.39 is 5.97 Å². The maximum absolute atomic E-state index is 10.6. The first-order valence-electron chi connectivity index (χ1n) is 5.84. The topological polar surface area (TPSA) is 59.4 Å². The number of aliphatic carboxylic acids is 1. The Morgan fingerprint density at radius 1 is 1.35 bits per heavy atom. The van der Waals surface area contributed by atoms with E-state index in [1.807, 2.05) is 19.1 Å². The van der Waals surface area contributed by atoms with Crippen LogP contribution in [-0.2, 0) is 4.79 Å². The molecule has 5 heteroatoms. The molecule has 2 aromatic rings. The number of rotatable bonds is 4. The fraction of sp³-hybridized carbons (Fsp3) is 0.0667. The predicted octanol–water partition coefficient (Wildman–Crippen LogP) is 3.93. The van der Waals surface area contributed by atoms with Crippen molar-refractivity contribution in [2.75, 3.05) is 0 Å². The maximum Gasteiger partial charge on any atom is 0.328 e. The SMILES string of the molecule is Cc1ccc(Oc2cncc(Cl)c2)c(/C=C/C(=O)O)c1. The molecule has 0 saturated heterocycles.